The Balaban J connectivity index is 2.25. The number of urea groups is 1. The maximum Gasteiger partial charge on any atom is 0.317 e. The minimum Gasteiger partial charge on any atom is -0.492 e. The highest BCUT2D eigenvalue weighted by molar-refractivity contribution is 6.30. The normalized spacial score (nSPS) is 10.0. The van der Waals surface area contributed by atoms with Gasteiger partial charge in [-0.05, 0) is 12.1 Å². The highest BCUT2D eigenvalue weighted by Crippen LogP contribution is 2.20. The van der Waals surface area contributed by atoms with E-state index in [1.54, 1.807) is 0 Å². The number of carbonyl (C=O) groups is 2. The van der Waals surface area contributed by atoms with Crippen LogP contribution in [-0.2, 0) is 4.79 Å². The smallest absolute Gasteiger partial charge is 0.317 e. The molecule has 1 aromatic carbocycles. The third kappa shape index (κ3) is 6.31. The van der Waals surface area contributed by atoms with Crippen LogP contribution in [0.15, 0.2) is 18.2 Å². The average molecular weight is 319 g/mol. The Morgan fingerprint density at radius 3 is 2.81 bits per heavy atom. The van der Waals surface area contributed by atoms with Crippen LogP contribution in [0.3, 0.4) is 0 Å². The third-order valence-corrected chi connectivity index (χ3v) is 2.84. The summed E-state index contributed by atoms with van der Waals surface area (Å²) in [6.07, 6.45) is -0.117. The van der Waals surface area contributed by atoms with Gasteiger partial charge in [-0.3, -0.25) is 4.79 Å². The van der Waals surface area contributed by atoms with Crippen LogP contribution in [0.1, 0.15) is 6.42 Å². The van der Waals surface area contributed by atoms with Crippen LogP contribution in [0.2, 0.25) is 5.02 Å². The van der Waals surface area contributed by atoms with E-state index in [1.807, 2.05) is 0 Å². The van der Waals surface area contributed by atoms with Crippen LogP contribution in [0.5, 0.6) is 5.75 Å². The largest absolute Gasteiger partial charge is 0.492 e. The van der Waals surface area contributed by atoms with Crippen LogP contribution >= 0.6 is 11.6 Å². The molecule has 0 fully saturated rings. The molecule has 0 radical (unpaired) electrons. The Hall–Kier alpha value is -2.02. The molecule has 1 aromatic rings. The molecular formula is C13H16ClFN2O4. The van der Waals surface area contributed by atoms with Crippen molar-refractivity contribution in [3.8, 4) is 5.75 Å². The lowest BCUT2D eigenvalue weighted by Crippen LogP contribution is -2.40. The molecule has 0 bridgehead atoms. The molecule has 0 unspecified atom stereocenters. The fraction of sp³-hybridized carbons (Fsp3) is 0.385. The van der Waals surface area contributed by atoms with Gasteiger partial charge in [0.15, 0.2) is 0 Å². The molecule has 2 amide bonds. The Bertz CT molecular complexity index is 513. The number of rotatable bonds is 7. The monoisotopic (exact) mass is 318 g/mol. The first-order valence-electron chi connectivity index (χ1n) is 6.18. The fourth-order valence-corrected chi connectivity index (χ4v) is 1.56. The van der Waals surface area contributed by atoms with Gasteiger partial charge in [-0.15, -0.1) is 0 Å². The summed E-state index contributed by atoms with van der Waals surface area (Å²) in [5.41, 5.74) is 0. The standard InChI is InChI=1S/C13H16ClFN2O4/c1-17(6-4-12(18)19)13(20)16-5-7-21-9-2-3-11(15)10(14)8-9/h2-3,8H,4-7H2,1H3,(H,16,20)(H,18,19). The third-order valence-electron chi connectivity index (χ3n) is 2.55. The Kier molecular flexibility index (Phi) is 6.74. The van der Waals surface area contributed by atoms with Crippen LogP contribution in [0, 0.1) is 5.82 Å². The van der Waals surface area contributed by atoms with E-state index in [0.29, 0.717) is 5.75 Å². The molecule has 0 aliphatic heterocycles. The van der Waals surface area contributed by atoms with Crippen molar-refractivity contribution in [1.29, 1.82) is 0 Å². The van der Waals surface area contributed by atoms with Crippen molar-refractivity contribution >= 4 is 23.6 Å². The van der Waals surface area contributed by atoms with Gasteiger partial charge in [0.25, 0.3) is 0 Å². The minimum atomic E-state index is -0.967. The van der Waals surface area contributed by atoms with Crippen LogP contribution < -0.4 is 10.1 Å². The lowest BCUT2D eigenvalue weighted by Gasteiger charge is -2.17. The number of carbonyl (C=O) groups excluding carboxylic acids is 1. The Morgan fingerprint density at radius 2 is 2.19 bits per heavy atom. The lowest BCUT2D eigenvalue weighted by atomic mass is 10.3. The maximum atomic E-state index is 12.9. The van der Waals surface area contributed by atoms with Gasteiger partial charge in [-0.25, -0.2) is 9.18 Å². The molecule has 0 aromatic heterocycles. The van der Waals surface area contributed by atoms with Gasteiger partial charge < -0.3 is 20.1 Å². The number of nitrogens with one attached hydrogen (secondary N) is 1. The molecule has 116 valence electrons. The van der Waals surface area contributed by atoms with E-state index in [-0.39, 0.29) is 31.1 Å². The summed E-state index contributed by atoms with van der Waals surface area (Å²) < 4.78 is 18.2. The molecule has 0 aliphatic carbocycles. The van der Waals surface area contributed by atoms with Gasteiger partial charge in [-0.2, -0.15) is 0 Å². The van der Waals surface area contributed by atoms with E-state index >= 15 is 0 Å². The second-order valence-electron chi connectivity index (χ2n) is 4.22. The second kappa shape index (κ2) is 8.31. The topological polar surface area (TPSA) is 78.9 Å². The van der Waals surface area contributed by atoms with E-state index in [4.69, 9.17) is 21.4 Å². The van der Waals surface area contributed by atoms with Gasteiger partial charge >= 0.3 is 12.0 Å². The number of carboxylic acids is 1. The number of carboxylic acid groups (broad SMARTS) is 1. The minimum absolute atomic E-state index is 0.0371. The summed E-state index contributed by atoms with van der Waals surface area (Å²) >= 11 is 5.60. The molecular weight excluding hydrogens is 303 g/mol. The predicted molar refractivity (Wildman–Crippen MR) is 75.2 cm³/mol. The molecule has 0 spiro atoms. The van der Waals surface area contributed by atoms with Crippen molar-refractivity contribution < 1.29 is 23.8 Å². The summed E-state index contributed by atoms with van der Waals surface area (Å²) in [5.74, 6) is -1.10. The molecule has 1 rings (SSSR count). The first-order valence-corrected chi connectivity index (χ1v) is 6.56. The molecule has 2 N–H and O–H groups in total. The van der Waals surface area contributed by atoms with Crippen molar-refractivity contribution in [3.05, 3.63) is 29.0 Å². The summed E-state index contributed by atoms with van der Waals surface area (Å²) in [6, 6.07) is 3.58. The molecule has 0 aliphatic rings. The molecule has 0 heterocycles. The zero-order valence-corrected chi connectivity index (χ0v) is 12.2. The van der Waals surface area contributed by atoms with E-state index in [0.717, 1.165) is 0 Å². The highest BCUT2D eigenvalue weighted by Gasteiger charge is 2.09. The van der Waals surface area contributed by atoms with Crippen LogP contribution in [0.4, 0.5) is 9.18 Å². The van der Waals surface area contributed by atoms with Gasteiger partial charge in [0.1, 0.15) is 18.2 Å². The van der Waals surface area contributed by atoms with Gasteiger partial charge in [0.05, 0.1) is 18.0 Å². The molecule has 6 nitrogen and oxygen atoms in total. The average Bonchev–Trinajstić information content (AvgIpc) is 2.44. The zero-order chi connectivity index (χ0) is 15.8. The molecule has 0 saturated heterocycles. The first kappa shape index (κ1) is 17.0. The number of aliphatic carboxylic acids is 1. The molecule has 8 heteroatoms. The van der Waals surface area contributed by atoms with Gasteiger partial charge in [-0.1, -0.05) is 11.6 Å². The van der Waals surface area contributed by atoms with Crippen LogP contribution in [0.25, 0.3) is 0 Å². The van der Waals surface area contributed by atoms with Gasteiger partial charge in [0, 0.05) is 19.7 Å². The number of hydrogen-bond acceptors (Lipinski definition) is 3. The van der Waals surface area contributed by atoms with Crippen LogP contribution in [-0.4, -0.2) is 48.8 Å². The molecule has 0 saturated carbocycles. The summed E-state index contributed by atoms with van der Waals surface area (Å²) in [5, 5.41) is 11.0. The van der Waals surface area contributed by atoms with E-state index < -0.39 is 17.8 Å². The number of hydrogen-bond donors (Lipinski definition) is 2. The number of ether oxygens (including phenoxy) is 1. The lowest BCUT2D eigenvalue weighted by molar-refractivity contribution is -0.137. The van der Waals surface area contributed by atoms with Crippen molar-refractivity contribution in [2.45, 2.75) is 6.42 Å². The fourth-order valence-electron chi connectivity index (χ4n) is 1.39. The summed E-state index contributed by atoms with van der Waals surface area (Å²) in [6.45, 7) is 0.529. The molecule has 21 heavy (non-hydrogen) atoms. The van der Waals surface area contributed by atoms with Crippen molar-refractivity contribution in [2.75, 3.05) is 26.7 Å². The first-order chi connectivity index (χ1) is 9.90. The van der Waals surface area contributed by atoms with E-state index in [2.05, 4.69) is 5.32 Å². The number of benzene rings is 1. The second-order valence-corrected chi connectivity index (χ2v) is 4.63. The van der Waals surface area contributed by atoms with E-state index in [9.17, 15) is 14.0 Å². The maximum absolute atomic E-state index is 12.9. The van der Waals surface area contributed by atoms with Crippen molar-refractivity contribution in [3.63, 3.8) is 0 Å². The Labute approximate surface area is 126 Å². The SMILES string of the molecule is CN(CCC(=O)O)C(=O)NCCOc1ccc(F)c(Cl)c1. The highest BCUT2D eigenvalue weighted by atomic mass is 35.5. The van der Waals surface area contributed by atoms with Crippen molar-refractivity contribution in [2.24, 2.45) is 0 Å². The number of halogens is 2. The quantitative estimate of drug-likeness (QED) is 0.753. The molecule has 0 atom stereocenters. The summed E-state index contributed by atoms with van der Waals surface area (Å²) in [7, 11) is 1.50. The van der Waals surface area contributed by atoms with E-state index in [1.165, 1.54) is 30.1 Å². The van der Waals surface area contributed by atoms with Crippen molar-refractivity contribution in [1.82, 2.24) is 10.2 Å². The summed E-state index contributed by atoms with van der Waals surface area (Å²) in [4.78, 5) is 23.2. The number of nitrogens with zero attached hydrogens (tertiary/aromatic N) is 1. The zero-order valence-electron chi connectivity index (χ0n) is 11.4. The predicted octanol–water partition coefficient (Wildman–Crippen LogP) is 1.97. The number of amides is 2. The van der Waals surface area contributed by atoms with Gasteiger partial charge in [0.2, 0.25) is 0 Å². The Morgan fingerprint density at radius 1 is 1.48 bits per heavy atom.